The number of amides is 6. The van der Waals surface area contributed by atoms with E-state index in [-0.39, 0.29) is 101 Å². The number of hydrogen-bond acceptors (Lipinski definition) is 12. The summed E-state index contributed by atoms with van der Waals surface area (Å²) in [5, 5.41) is 15.6. The van der Waals surface area contributed by atoms with Gasteiger partial charge in [0.05, 0.1) is 28.3 Å². The predicted octanol–water partition coefficient (Wildman–Crippen LogP) is 3.51. The number of nitrogens with one attached hydrogen (secondary N) is 2. The molecule has 7 rings (SSSR count). The van der Waals surface area contributed by atoms with Crippen LogP contribution in [0, 0.1) is 11.6 Å². The second-order valence-electron chi connectivity index (χ2n) is 14.0. The Hall–Kier alpha value is -6.69. The van der Waals surface area contributed by atoms with Crippen molar-refractivity contribution in [2.24, 2.45) is 0 Å². The quantitative estimate of drug-likeness (QED) is 0.139. The average molecular weight is 831 g/mol. The summed E-state index contributed by atoms with van der Waals surface area (Å²) in [6, 6.07) is 8.17. The molecule has 0 radical (unpaired) electrons. The highest BCUT2D eigenvalue weighted by molar-refractivity contribution is 6.34. The molecular formula is C40H37ClF2N8O8. The molecule has 6 amide bonds. The SMILES string of the molecule is C=CC(=O)N1CCN(c2nc(NCCC(=O)N(C)CCOc3ccc4c(c3)C(=O)N([C@H]3CCC(=O)NC3=O)C4=O)nc3c(F)c(-c4c(O)cccc4F)c(Cl)cc23)CC1. The van der Waals surface area contributed by atoms with Crippen LogP contribution in [0.3, 0.4) is 0 Å². The minimum absolute atomic E-state index is 0.000121. The average Bonchev–Trinajstić information content (AvgIpc) is 3.46. The number of rotatable bonds is 12. The largest absolute Gasteiger partial charge is 0.507 e. The lowest BCUT2D eigenvalue weighted by atomic mass is 10.0. The Morgan fingerprint density at radius 1 is 1.05 bits per heavy atom. The van der Waals surface area contributed by atoms with Gasteiger partial charge in [0.2, 0.25) is 29.6 Å². The topological polar surface area (TPSA) is 195 Å². The number of imide groups is 2. The van der Waals surface area contributed by atoms with E-state index >= 15 is 4.39 Å². The smallest absolute Gasteiger partial charge is 0.262 e. The van der Waals surface area contributed by atoms with Crippen molar-refractivity contribution in [3.05, 3.63) is 82.9 Å². The van der Waals surface area contributed by atoms with Gasteiger partial charge in [-0.1, -0.05) is 24.2 Å². The highest BCUT2D eigenvalue weighted by Gasteiger charge is 2.44. The summed E-state index contributed by atoms with van der Waals surface area (Å²) in [4.78, 5) is 90.1. The summed E-state index contributed by atoms with van der Waals surface area (Å²) in [7, 11) is 1.56. The fourth-order valence-electron chi connectivity index (χ4n) is 7.19. The van der Waals surface area contributed by atoms with Crippen LogP contribution in [0.2, 0.25) is 5.02 Å². The van der Waals surface area contributed by atoms with Gasteiger partial charge in [-0.25, -0.2) is 13.8 Å². The Morgan fingerprint density at radius 3 is 2.51 bits per heavy atom. The molecule has 59 heavy (non-hydrogen) atoms. The van der Waals surface area contributed by atoms with Crippen molar-refractivity contribution in [1.82, 2.24) is 30.0 Å². The van der Waals surface area contributed by atoms with E-state index in [0.29, 0.717) is 26.2 Å². The fourth-order valence-corrected chi connectivity index (χ4v) is 7.48. The molecule has 3 aliphatic heterocycles. The van der Waals surface area contributed by atoms with E-state index in [1.54, 1.807) is 11.9 Å². The number of aromatic nitrogens is 2. The van der Waals surface area contributed by atoms with E-state index in [1.165, 1.54) is 47.4 Å². The first-order valence-electron chi connectivity index (χ1n) is 18.6. The minimum atomic E-state index is -1.10. The molecule has 1 atom stereocenters. The number of fused-ring (bicyclic) bond motifs is 2. The summed E-state index contributed by atoms with van der Waals surface area (Å²) < 4.78 is 37.2. The lowest BCUT2D eigenvalue weighted by Gasteiger charge is -2.35. The van der Waals surface area contributed by atoms with Gasteiger partial charge in [-0.05, 0) is 48.9 Å². The molecule has 0 unspecified atom stereocenters. The Labute approximate surface area is 340 Å². The van der Waals surface area contributed by atoms with Crippen molar-refractivity contribution in [2.45, 2.75) is 25.3 Å². The number of aromatic hydroxyl groups is 1. The molecule has 4 heterocycles. The molecule has 2 fully saturated rings. The van der Waals surface area contributed by atoms with E-state index in [9.17, 15) is 38.3 Å². The van der Waals surface area contributed by atoms with Crippen LogP contribution in [-0.4, -0.2) is 124 Å². The zero-order valence-electron chi connectivity index (χ0n) is 31.6. The van der Waals surface area contributed by atoms with Crippen molar-refractivity contribution in [3.63, 3.8) is 0 Å². The van der Waals surface area contributed by atoms with Crippen LogP contribution in [0.15, 0.2) is 55.1 Å². The maximum atomic E-state index is 16.4. The second kappa shape index (κ2) is 16.7. The third kappa shape index (κ3) is 7.95. The summed E-state index contributed by atoms with van der Waals surface area (Å²) in [5.74, 6) is -4.94. The molecule has 3 aromatic carbocycles. The van der Waals surface area contributed by atoms with Gasteiger partial charge in [0.1, 0.15) is 41.3 Å². The van der Waals surface area contributed by atoms with E-state index in [1.807, 2.05) is 4.90 Å². The van der Waals surface area contributed by atoms with Gasteiger partial charge < -0.3 is 29.9 Å². The van der Waals surface area contributed by atoms with Crippen LogP contribution >= 0.6 is 11.6 Å². The lowest BCUT2D eigenvalue weighted by molar-refractivity contribution is -0.136. The van der Waals surface area contributed by atoms with Crippen LogP contribution in [0.5, 0.6) is 11.5 Å². The van der Waals surface area contributed by atoms with Crippen molar-refractivity contribution < 1.29 is 47.4 Å². The fraction of sp³-hybridized carbons (Fsp3) is 0.300. The second-order valence-corrected chi connectivity index (χ2v) is 14.4. The van der Waals surface area contributed by atoms with Crippen molar-refractivity contribution in [1.29, 1.82) is 0 Å². The molecule has 3 aliphatic rings. The highest BCUT2D eigenvalue weighted by atomic mass is 35.5. The highest BCUT2D eigenvalue weighted by Crippen LogP contribution is 2.42. The molecule has 306 valence electrons. The molecule has 0 bridgehead atoms. The Bertz CT molecular complexity index is 2420. The minimum Gasteiger partial charge on any atom is -0.507 e. The summed E-state index contributed by atoms with van der Waals surface area (Å²) in [5.41, 5.74) is -0.877. The predicted molar refractivity (Wildman–Crippen MR) is 210 cm³/mol. The molecule has 0 aliphatic carbocycles. The van der Waals surface area contributed by atoms with Gasteiger partial charge in [0.25, 0.3) is 11.8 Å². The maximum absolute atomic E-state index is 16.4. The van der Waals surface area contributed by atoms with Crippen molar-refractivity contribution in [3.8, 4) is 22.6 Å². The number of piperidine rings is 1. The Morgan fingerprint density at radius 2 is 1.80 bits per heavy atom. The molecule has 4 aromatic rings. The molecule has 0 spiro atoms. The van der Waals surface area contributed by atoms with Gasteiger partial charge in [-0.2, -0.15) is 4.98 Å². The van der Waals surface area contributed by atoms with Crippen molar-refractivity contribution in [2.75, 3.05) is 63.1 Å². The van der Waals surface area contributed by atoms with Crippen LogP contribution in [-0.2, 0) is 19.2 Å². The summed E-state index contributed by atoms with van der Waals surface area (Å²) in [6.07, 6.45) is 1.21. The van der Waals surface area contributed by atoms with Gasteiger partial charge in [-0.15, -0.1) is 0 Å². The number of halogens is 3. The van der Waals surface area contributed by atoms with Gasteiger partial charge >= 0.3 is 0 Å². The zero-order chi connectivity index (χ0) is 42.1. The molecule has 3 N–H and O–H groups in total. The number of anilines is 2. The van der Waals surface area contributed by atoms with Gasteiger partial charge in [-0.3, -0.25) is 39.0 Å². The first kappa shape index (κ1) is 40.5. The van der Waals surface area contributed by atoms with Crippen LogP contribution in [0.25, 0.3) is 22.0 Å². The molecular weight excluding hydrogens is 794 g/mol. The molecule has 2 saturated heterocycles. The van der Waals surface area contributed by atoms with Crippen LogP contribution in [0.1, 0.15) is 40.0 Å². The first-order valence-corrected chi connectivity index (χ1v) is 18.9. The molecule has 19 heteroatoms. The Balaban J connectivity index is 1.01. The zero-order valence-corrected chi connectivity index (χ0v) is 32.4. The lowest BCUT2D eigenvalue weighted by Crippen LogP contribution is -2.54. The molecule has 1 aromatic heterocycles. The van der Waals surface area contributed by atoms with E-state index in [0.717, 1.165) is 11.0 Å². The number of carbonyl (C=O) groups is 6. The monoisotopic (exact) mass is 830 g/mol. The standard InChI is InChI=1S/C40H37ClF2N8O8/c1-3-30(54)49-13-15-50(16-14-49)36-24-20-25(41)32(33-26(42)5-4-6-28(33)52)34(43)35(24)46-40(47-36)44-12-11-31(55)48(2)17-18-59-21-7-8-22-23(19-21)39(58)51(38(22)57)27-9-10-29(53)45-37(27)56/h3-8,19-20,27,52H,1,9-18H2,2H3,(H,44,46,47)(H,45,53,56)/t27-/m0/s1. The number of likely N-dealkylation sites (N-methyl/N-ethyl adjacent to an activating group) is 1. The number of nitrogens with zero attached hydrogens (tertiary/aromatic N) is 6. The number of phenols is 1. The number of hydrogen-bond donors (Lipinski definition) is 3. The van der Waals surface area contributed by atoms with Crippen LogP contribution in [0.4, 0.5) is 20.5 Å². The third-order valence-corrected chi connectivity index (χ3v) is 10.6. The number of carbonyl (C=O) groups excluding carboxylic acids is 6. The number of phenolic OH excluding ortho intramolecular Hbond substituents is 1. The number of piperazine rings is 1. The molecule has 0 saturated carbocycles. The third-order valence-electron chi connectivity index (χ3n) is 10.3. The van der Waals surface area contributed by atoms with Gasteiger partial charge in [0.15, 0.2) is 5.82 Å². The van der Waals surface area contributed by atoms with E-state index < -0.39 is 52.6 Å². The van der Waals surface area contributed by atoms with E-state index in [2.05, 4.69) is 27.2 Å². The van der Waals surface area contributed by atoms with Gasteiger partial charge in [0, 0.05) is 63.6 Å². The first-order chi connectivity index (χ1) is 28.3. The number of benzene rings is 3. The molecule has 16 nitrogen and oxygen atoms in total. The number of ether oxygens (including phenoxy) is 1. The summed E-state index contributed by atoms with van der Waals surface area (Å²) >= 11 is 6.54. The van der Waals surface area contributed by atoms with Crippen LogP contribution < -0.4 is 20.3 Å². The maximum Gasteiger partial charge on any atom is 0.262 e. The van der Waals surface area contributed by atoms with Crippen molar-refractivity contribution >= 4 is 69.7 Å². The van der Waals surface area contributed by atoms with E-state index in [4.69, 9.17) is 16.3 Å². The Kier molecular flexibility index (Phi) is 11.4. The normalized spacial score (nSPS) is 16.6. The summed E-state index contributed by atoms with van der Waals surface area (Å²) in [6.45, 7) is 5.03.